The molecule has 1 aromatic heterocycles. The summed E-state index contributed by atoms with van der Waals surface area (Å²) in [6.07, 6.45) is 5.54. The molecule has 0 spiro atoms. The molecule has 0 aliphatic carbocycles. The zero-order chi connectivity index (χ0) is 22.1. The van der Waals surface area contributed by atoms with E-state index in [1.807, 2.05) is 4.90 Å². The van der Waals surface area contributed by atoms with Crippen LogP contribution in [0.4, 0.5) is 25.0 Å². The van der Waals surface area contributed by atoms with Crippen molar-refractivity contribution in [3.8, 4) is 11.1 Å². The Labute approximate surface area is 184 Å². The van der Waals surface area contributed by atoms with Crippen LogP contribution in [0.5, 0.6) is 0 Å². The lowest BCUT2D eigenvalue weighted by atomic mass is 10.0. The predicted molar refractivity (Wildman–Crippen MR) is 115 cm³/mol. The zero-order valence-electron chi connectivity index (χ0n) is 17.5. The number of amides is 1. The number of cyclic esters (lactones) is 1. The standard InChI is InChI=1S/C23H23F2N5O2/c24-20-13-17(30-15-18(32-23(30)31)14-29-11-8-26-27-29)5-6-19(20)16-4-7-22(21(25)12-16)28-9-2-1-3-10-28/h4-8,11-13,18H,1-3,9-10,14-15H2/t18-/m0/s1. The minimum atomic E-state index is -0.542. The van der Waals surface area contributed by atoms with Gasteiger partial charge in [-0.05, 0) is 55.2 Å². The van der Waals surface area contributed by atoms with Gasteiger partial charge in [0.15, 0.2) is 0 Å². The van der Waals surface area contributed by atoms with Crippen LogP contribution in [-0.4, -0.2) is 46.8 Å². The van der Waals surface area contributed by atoms with Crippen molar-refractivity contribution in [1.82, 2.24) is 15.0 Å². The van der Waals surface area contributed by atoms with Crippen LogP contribution in [0.2, 0.25) is 0 Å². The summed E-state index contributed by atoms with van der Waals surface area (Å²) in [5, 5.41) is 7.60. The van der Waals surface area contributed by atoms with Crippen molar-refractivity contribution < 1.29 is 18.3 Å². The average Bonchev–Trinajstić information content (AvgIpc) is 3.44. The molecule has 2 aliphatic rings. The number of carbonyl (C=O) groups is 1. The van der Waals surface area contributed by atoms with E-state index in [0.29, 0.717) is 23.5 Å². The summed E-state index contributed by atoms with van der Waals surface area (Å²) in [6.45, 7) is 2.31. The van der Waals surface area contributed by atoms with E-state index in [0.717, 1.165) is 25.9 Å². The first kappa shape index (κ1) is 20.4. The van der Waals surface area contributed by atoms with E-state index >= 15 is 0 Å². The van der Waals surface area contributed by atoms with Crippen LogP contribution in [0, 0.1) is 11.6 Å². The molecule has 7 nitrogen and oxygen atoms in total. The van der Waals surface area contributed by atoms with Gasteiger partial charge in [0.1, 0.15) is 17.7 Å². The Hall–Kier alpha value is -3.49. The lowest BCUT2D eigenvalue weighted by Crippen LogP contribution is -2.30. The van der Waals surface area contributed by atoms with Crippen molar-refractivity contribution in [2.24, 2.45) is 0 Å². The fraction of sp³-hybridized carbons (Fsp3) is 0.348. The number of halogens is 2. The second-order valence-electron chi connectivity index (χ2n) is 8.12. The lowest BCUT2D eigenvalue weighted by molar-refractivity contribution is 0.129. The maximum atomic E-state index is 15.0. The highest BCUT2D eigenvalue weighted by molar-refractivity contribution is 5.90. The number of hydrogen-bond donors (Lipinski definition) is 0. The van der Waals surface area contributed by atoms with Gasteiger partial charge in [0, 0.05) is 24.8 Å². The van der Waals surface area contributed by atoms with E-state index in [9.17, 15) is 13.6 Å². The molecule has 3 aromatic rings. The molecule has 0 bridgehead atoms. The molecule has 2 saturated heterocycles. The van der Waals surface area contributed by atoms with Crippen molar-refractivity contribution in [1.29, 1.82) is 0 Å². The Kier molecular flexibility index (Phi) is 5.46. The van der Waals surface area contributed by atoms with Crippen molar-refractivity contribution in [2.45, 2.75) is 31.9 Å². The number of nitrogens with zero attached hydrogens (tertiary/aromatic N) is 5. The van der Waals surface area contributed by atoms with Crippen LogP contribution < -0.4 is 9.80 Å². The number of benzene rings is 2. The topological polar surface area (TPSA) is 63.5 Å². The molecule has 0 radical (unpaired) electrons. The van der Waals surface area contributed by atoms with Crippen LogP contribution >= 0.6 is 0 Å². The Morgan fingerprint density at radius 1 is 1.03 bits per heavy atom. The summed E-state index contributed by atoms with van der Waals surface area (Å²) < 4.78 is 36.7. The van der Waals surface area contributed by atoms with Crippen LogP contribution in [0.25, 0.3) is 11.1 Å². The van der Waals surface area contributed by atoms with E-state index < -0.39 is 18.0 Å². The molecule has 3 heterocycles. The average molecular weight is 439 g/mol. The van der Waals surface area contributed by atoms with Crippen molar-refractivity contribution in [3.05, 3.63) is 60.4 Å². The fourth-order valence-corrected chi connectivity index (χ4v) is 4.34. The highest BCUT2D eigenvalue weighted by Crippen LogP contribution is 2.32. The molecule has 0 unspecified atom stereocenters. The monoisotopic (exact) mass is 439 g/mol. The van der Waals surface area contributed by atoms with Crippen molar-refractivity contribution in [2.75, 3.05) is 29.4 Å². The third kappa shape index (κ3) is 4.02. The first-order valence-corrected chi connectivity index (χ1v) is 10.7. The number of piperidine rings is 1. The molecular weight excluding hydrogens is 416 g/mol. The first-order chi connectivity index (χ1) is 15.6. The van der Waals surface area contributed by atoms with E-state index in [1.165, 1.54) is 23.5 Å². The Balaban J connectivity index is 1.33. The molecule has 1 atom stereocenters. The summed E-state index contributed by atoms with van der Waals surface area (Å²) in [5.74, 6) is -0.882. The maximum Gasteiger partial charge on any atom is 0.414 e. The van der Waals surface area contributed by atoms with E-state index in [1.54, 1.807) is 41.3 Å². The van der Waals surface area contributed by atoms with Gasteiger partial charge in [-0.3, -0.25) is 4.90 Å². The van der Waals surface area contributed by atoms with Crippen LogP contribution in [0.1, 0.15) is 19.3 Å². The molecule has 0 N–H and O–H groups in total. The van der Waals surface area contributed by atoms with Gasteiger partial charge in [0.25, 0.3) is 0 Å². The summed E-state index contributed by atoms with van der Waals surface area (Å²) in [4.78, 5) is 15.7. The van der Waals surface area contributed by atoms with Gasteiger partial charge in [0.05, 0.1) is 30.7 Å². The number of aromatic nitrogens is 3. The maximum absolute atomic E-state index is 15.0. The minimum absolute atomic E-state index is 0.274. The first-order valence-electron chi connectivity index (χ1n) is 10.7. The summed E-state index contributed by atoms with van der Waals surface area (Å²) >= 11 is 0. The van der Waals surface area contributed by atoms with Gasteiger partial charge in [-0.15, -0.1) is 5.10 Å². The molecule has 1 amide bonds. The highest BCUT2D eigenvalue weighted by atomic mass is 19.1. The highest BCUT2D eigenvalue weighted by Gasteiger charge is 2.33. The fourth-order valence-electron chi connectivity index (χ4n) is 4.34. The van der Waals surface area contributed by atoms with Gasteiger partial charge in [-0.2, -0.15) is 0 Å². The summed E-state index contributed by atoms with van der Waals surface area (Å²) in [7, 11) is 0. The van der Waals surface area contributed by atoms with E-state index in [-0.39, 0.29) is 17.9 Å². The molecule has 32 heavy (non-hydrogen) atoms. The summed E-state index contributed by atoms with van der Waals surface area (Å²) in [5.41, 5.74) is 1.69. The normalized spacial score (nSPS) is 18.8. The molecular formula is C23H23F2N5O2. The second-order valence-corrected chi connectivity index (χ2v) is 8.12. The summed E-state index contributed by atoms with van der Waals surface area (Å²) in [6, 6.07) is 9.33. The third-order valence-electron chi connectivity index (χ3n) is 5.96. The predicted octanol–water partition coefficient (Wildman–Crippen LogP) is 4.24. The number of carbonyl (C=O) groups excluding carboxylic acids is 1. The molecule has 2 aromatic carbocycles. The minimum Gasteiger partial charge on any atom is -0.442 e. The largest absolute Gasteiger partial charge is 0.442 e. The number of ether oxygens (including phenoxy) is 1. The van der Waals surface area contributed by atoms with Gasteiger partial charge in [-0.25, -0.2) is 18.3 Å². The van der Waals surface area contributed by atoms with Gasteiger partial charge in [0.2, 0.25) is 0 Å². The quantitative estimate of drug-likeness (QED) is 0.595. The zero-order valence-corrected chi connectivity index (χ0v) is 17.5. The second kappa shape index (κ2) is 8.57. The smallest absolute Gasteiger partial charge is 0.414 e. The van der Waals surface area contributed by atoms with E-state index in [2.05, 4.69) is 10.3 Å². The van der Waals surface area contributed by atoms with Gasteiger partial charge in [-0.1, -0.05) is 11.3 Å². The number of rotatable bonds is 5. The number of hydrogen-bond acceptors (Lipinski definition) is 5. The van der Waals surface area contributed by atoms with Gasteiger partial charge < -0.3 is 9.64 Å². The van der Waals surface area contributed by atoms with Crippen molar-refractivity contribution >= 4 is 17.5 Å². The Morgan fingerprint density at radius 2 is 1.88 bits per heavy atom. The van der Waals surface area contributed by atoms with Crippen LogP contribution in [-0.2, 0) is 11.3 Å². The molecule has 2 fully saturated rings. The van der Waals surface area contributed by atoms with Crippen LogP contribution in [0.15, 0.2) is 48.8 Å². The molecule has 0 saturated carbocycles. The lowest BCUT2D eigenvalue weighted by Gasteiger charge is -2.29. The Morgan fingerprint density at radius 3 is 2.59 bits per heavy atom. The van der Waals surface area contributed by atoms with Crippen molar-refractivity contribution in [3.63, 3.8) is 0 Å². The molecule has 5 rings (SSSR count). The number of anilines is 2. The Bertz CT molecular complexity index is 1120. The van der Waals surface area contributed by atoms with Crippen LogP contribution in [0.3, 0.4) is 0 Å². The van der Waals surface area contributed by atoms with E-state index in [4.69, 9.17) is 4.74 Å². The molecule has 9 heteroatoms. The molecule has 166 valence electrons. The van der Waals surface area contributed by atoms with Gasteiger partial charge >= 0.3 is 6.09 Å². The molecule has 2 aliphatic heterocycles. The third-order valence-corrected chi connectivity index (χ3v) is 5.96. The SMILES string of the molecule is O=C1O[C@@H](Cn2ccnn2)CN1c1ccc(-c2ccc(N3CCCCC3)c(F)c2)c(F)c1.